The number of nitrogens with one attached hydrogen (secondary N) is 4. The lowest BCUT2D eigenvalue weighted by Gasteiger charge is -2.32. The van der Waals surface area contributed by atoms with Crippen LogP contribution in [0.4, 0.5) is 13.6 Å². The van der Waals surface area contributed by atoms with Gasteiger partial charge in [0.15, 0.2) is 0 Å². The Morgan fingerprint density at radius 2 is 1.51 bits per heavy atom. The highest BCUT2D eigenvalue weighted by molar-refractivity contribution is 6.38. The van der Waals surface area contributed by atoms with Crippen molar-refractivity contribution in [1.82, 2.24) is 31.1 Å². The average molecular weight is 869 g/mol. The van der Waals surface area contributed by atoms with Gasteiger partial charge in [-0.25, -0.2) is 13.6 Å². The number of alkyl carbamates (subject to hydrolysis) is 1. The molecule has 1 heterocycles. The monoisotopic (exact) mass is 869 g/mol. The number of Topliss-reactive ketones (excluding diaryl/α,β-unsaturated/α-hetero) is 1. The topological polar surface area (TPSA) is 183 Å². The number of carbonyl (C=O) groups excluding carboxylic acids is 7. The molecule has 0 aromatic heterocycles. The van der Waals surface area contributed by atoms with E-state index in [0.717, 1.165) is 30.7 Å². The molecule has 0 saturated carbocycles. The fourth-order valence-electron chi connectivity index (χ4n) is 5.88. The number of rotatable bonds is 18. The number of likely N-dealkylation sites (tertiary alicyclic amines) is 1. The van der Waals surface area contributed by atoms with E-state index < -0.39 is 60.9 Å². The molecule has 16 heteroatoms. The van der Waals surface area contributed by atoms with E-state index in [1.807, 2.05) is 44.2 Å². The van der Waals surface area contributed by atoms with Crippen LogP contribution in [0.1, 0.15) is 127 Å². The fourth-order valence-corrected chi connectivity index (χ4v) is 5.88. The first-order chi connectivity index (χ1) is 28.3. The molecule has 350 valence electrons. The summed E-state index contributed by atoms with van der Waals surface area (Å²) < 4.78 is 31.7. The highest BCUT2D eigenvalue weighted by Crippen LogP contribution is 2.24. The van der Waals surface area contributed by atoms with Crippen LogP contribution >= 0.6 is 0 Å². The van der Waals surface area contributed by atoms with Crippen LogP contribution in [0.5, 0.6) is 0 Å². The molecule has 2 rings (SSSR count). The maximum absolute atomic E-state index is 13.1. The summed E-state index contributed by atoms with van der Waals surface area (Å²) in [4.78, 5) is 85.0. The number of ketones is 1. The fraction of sp³-hybridized carbons (Fsp3) is 0.711. The molecule has 6 amide bonds. The number of halogens is 2. The summed E-state index contributed by atoms with van der Waals surface area (Å²) in [5.41, 5.74) is 0.744. The van der Waals surface area contributed by atoms with Gasteiger partial charge in [0.2, 0.25) is 36.3 Å². The molecule has 1 fully saturated rings. The molecule has 1 aromatic carbocycles. The summed E-state index contributed by atoms with van der Waals surface area (Å²) in [6.45, 7) is 22.4. The second-order valence-electron chi connectivity index (χ2n) is 17.6. The van der Waals surface area contributed by atoms with Crippen LogP contribution in [0.25, 0.3) is 0 Å². The van der Waals surface area contributed by atoms with Gasteiger partial charge in [-0.15, -0.1) is 0 Å². The standard InChI is InChI=1S/C17H26F2N4O5.C14H29NO2.C10H13NO.C4H10/c1-3-10(15(18)19)7-11(14(26)17(28)21-8-13(25)20-2)22-16(27)12-5-4-6-23(12)9-24;1-8-10-14(6,7)17-12(16)15-11(9-2)13(3,4)5;1-11(2)10(12)8-9-6-4-3-5-7-9;1-4(2)3/h9-12,15H,3-8H2,1-2H3,(H,20,25)(H,21,28)(H,22,27);11H,8-10H2,1-7H3,(H,15,16);3-7H,8H2,1-2H3;4H,1-3H3. The number of hydrogen-bond donors (Lipinski definition) is 4. The van der Waals surface area contributed by atoms with Crippen LogP contribution < -0.4 is 21.3 Å². The van der Waals surface area contributed by atoms with Gasteiger partial charge in [-0.3, -0.25) is 28.8 Å². The van der Waals surface area contributed by atoms with Gasteiger partial charge in [0.05, 0.1) is 19.0 Å². The first-order valence-electron chi connectivity index (χ1n) is 21.4. The molecule has 0 aliphatic carbocycles. The van der Waals surface area contributed by atoms with E-state index in [0.29, 0.717) is 32.2 Å². The average Bonchev–Trinajstić information content (AvgIpc) is 3.66. The molecule has 0 radical (unpaired) electrons. The lowest BCUT2D eigenvalue weighted by molar-refractivity contribution is -0.141. The van der Waals surface area contributed by atoms with Crippen molar-refractivity contribution in [2.75, 3.05) is 34.2 Å². The Bertz CT molecular complexity index is 1470. The maximum Gasteiger partial charge on any atom is 0.407 e. The molecule has 0 spiro atoms. The molecule has 1 saturated heterocycles. The minimum atomic E-state index is -2.73. The minimum absolute atomic E-state index is 0.0427. The third-order valence-electron chi connectivity index (χ3n) is 9.36. The number of nitrogens with zero attached hydrogens (tertiary/aromatic N) is 2. The Kier molecular flexibility index (Phi) is 29.1. The lowest BCUT2D eigenvalue weighted by Crippen LogP contribution is -2.53. The van der Waals surface area contributed by atoms with Crippen molar-refractivity contribution in [2.24, 2.45) is 17.3 Å². The zero-order valence-corrected chi connectivity index (χ0v) is 39.4. The lowest BCUT2D eigenvalue weighted by atomic mass is 9.85. The van der Waals surface area contributed by atoms with E-state index in [1.165, 1.54) is 18.9 Å². The van der Waals surface area contributed by atoms with Crippen molar-refractivity contribution in [3.8, 4) is 0 Å². The van der Waals surface area contributed by atoms with Crippen LogP contribution in [0.2, 0.25) is 0 Å². The normalized spacial score (nSPS) is 14.9. The maximum atomic E-state index is 13.1. The van der Waals surface area contributed by atoms with Gasteiger partial charge in [0.25, 0.3) is 5.91 Å². The predicted octanol–water partition coefficient (Wildman–Crippen LogP) is 6.30. The molecular formula is C45H78F2N6O8. The Labute approximate surface area is 364 Å². The molecule has 1 aliphatic rings. The molecular weight excluding hydrogens is 791 g/mol. The Balaban J connectivity index is 0. The number of benzene rings is 1. The van der Waals surface area contributed by atoms with Crippen molar-refractivity contribution in [1.29, 1.82) is 0 Å². The molecule has 1 aliphatic heterocycles. The smallest absolute Gasteiger partial charge is 0.407 e. The molecule has 61 heavy (non-hydrogen) atoms. The van der Waals surface area contributed by atoms with Crippen LogP contribution in [-0.2, 0) is 39.9 Å². The van der Waals surface area contributed by atoms with Crippen molar-refractivity contribution in [2.45, 2.75) is 158 Å². The summed E-state index contributed by atoms with van der Waals surface area (Å²) >= 11 is 0. The van der Waals surface area contributed by atoms with Gasteiger partial charge in [-0.1, -0.05) is 99.1 Å². The first kappa shape index (κ1) is 58.5. The van der Waals surface area contributed by atoms with Gasteiger partial charge >= 0.3 is 6.09 Å². The van der Waals surface area contributed by atoms with Crippen LogP contribution in [0.3, 0.4) is 0 Å². The van der Waals surface area contributed by atoms with Gasteiger partial charge < -0.3 is 35.8 Å². The molecule has 4 atom stereocenters. The number of hydrogen-bond acceptors (Lipinski definition) is 8. The SMILES string of the molecule is CC(C)C.CCC(CC(NC(=O)C1CCCN1C=O)C(=O)C(=O)NCC(=O)NC)C(F)F.CCCC(C)(C)OC(=O)NC(CC)C(C)(C)C.CN(C)C(=O)Cc1ccccc1. The van der Waals surface area contributed by atoms with Crippen molar-refractivity contribution in [3.63, 3.8) is 0 Å². The van der Waals surface area contributed by atoms with Crippen LogP contribution in [-0.4, -0.2) is 116 Å². The first-order valence-corrected chi connectivity index (χ1v) is 21.4. The minimum Gasteiger partial charge on any atom is -0.444 e. The van der Waals surface area contributed by atoms with E-state index in [1.54, 1.807) is 19.0 Å². The summed E-state index contributed by atoms with van der Waals surface area (Å²) in [6, 6.07) is 7.61. The van der Waals surface area contributed by atoms with E-state index in [4.69, 9.17) is 4.74 Å². The molecule has 4 unspecified atom stereocenters. The second-order valence-corrected chi connectivity index (χ2v) is 17.6. The third-order valence-corrected chi connectivity index (χ3v) is 9.36. The Morgan fingerprint density at radius 1 is 0.934 bits per heavy atom. The number of likely N-dealkylation sites (N-methyl/N-ethyl adjacent to an activating group) is 2. The van der Waals surface area contributed by atoms with E-state index >= 15 is 0 Å². The number of alkyl halides is 2. The zero-order chi connectivity index (χ0) is 47.5. The van der Waals surface area contributed by atoms with Gasteiger partial charge in [-0.05, 0) is 69.3 Å². The Hall–Kier alpha value is -4.63. The largest absolute Gasteiger partial charge is 0.444 e. The second kappa shape index (κ2) is 30.4. The van der Waals surface area contributed by atoms with Crippen molar-refractivity contribution in [3.05, 3.63) is 35.9 Å². The number of amides is 6. The van der Waals surface area contributed by atoms with Gasteiger partial charge in [0, 0.05) is 39.6 Å². The third kappa shape index (κ3) is 26.3. The van der Waals surface area contributed by atoms with E-state index in [9.17, 15) is 42.3 Å². The number of carbonyl (C=O) groups is 7. The summed E-state index contributed by atoms with van der Waals surface area (Å²) in [6.07, 6.45) is 1.36. The highest BCUT2D eigenvalue weighted by atomic mass is 19.3. The quantitative estimate of drug-likeness (QED) is 0.0980. The molecule has 14 nitrogen and oxygen atoms in total. The molecule has 4 N–H and O–H groups in total. The summed E-state index contributed by atoms with van der Waals surface area (Å²) in [5.74, 6) is -3.73. The number of ether oxygens (including phenoxy) is 1. The van der Waals surface area contributed by atoms with Gasteiger partial charge in [-0.2, -0.15) is 0 Å². The van der Waals surface area contributed by atoms with E-state index in [2.05, 4.69) is 76.7 Å². The molecule has 0 bridgehead atoms. The van der Waals surface area contributed by atoms with Crippen molar-refractivity contribution >= 4 is 41.9 Å². The summed E-state index contributed by atoms with van der Waals surface area (Å²) in [7, 11) is 4.88. The predicted molar refractivity (Wildman–Crippen MR) is 236 cm³/mol. The summed E-state index contributed by atoms with van der Waals surface area (Å²) in [5, 5.41) is 9.65. The van der Waals surface area contributed by atoms with Gasteiger partial charge in [0.1, 0.15) is 11.6 Å². The van der Waals surface area contributed by atoms with Crippen molar-refractivity contribution < 1.29 is 47.1 Å². The molecule has 1 aromatic rings. The van der Waals surface area contributed by atoms with Crippen LogP contribution in [0, 0.1) is 17.3 Å². The zero-order valence-electron chi connectivity index (χ0n) is 39.4. The highest BCUT2D eigenvalue weighted by Gasteiger charge is 2.36. The van der Waals surface area contributed by atoms with Crippen LogP contribution in [0.15, 0.2) is 30.3 Å². The Morgan fingerprint density at radius 3 is 1.95 bits per heavy atom. The van der Waals surface area contributed by atoms with E-state index in [-0.39, 0.29) is 35.5 Å².